The number of aliphatic hydroxyl groups excluding tert-OH is 5. The molecule has 8 unspecified atom stereocenters. The minimum Gasteiger partial charge on any atom is -0.454 e. The van der Waals surface area contributed by atoms with Crippen LogP contribution in [0.3, 0.4) is 0 Å². The average molecular weight is 1120 g/mol. The van der Waals surface area contributed by atoms with E-state index in [0.717, 1.165) is 77.0 Å². The van der Waals surface area contributed by atoms with E-state index in [9.17, 15) is 35.1 Å². The number of ether oxygens (including phenoxy) is 3. The molecule has 79 heavy (non-hydrogen) atoms. The Labute approximate surface area is 485 Å². The van der Waals surface area contributed by atoms with Crippen LogP contribution >= 0.6 is 0 Å². The Morgan fingerprint density at radius 3 is 1.37 bits per heavy atom. The number of carbonyl (C=O) groups is 2. The van der Waals surface area contributed by atoms with Gasteiger partial charge in [0.1, 0.15) is 24.4 Å². The Bertz CT molecular complexity index is 1470. The monoisotopic (exact) mass is 1120 g/mol. The van der Waals surface area contributed by atoms with Crippen molar-refractivity contribution >= 4 is 11.9 Å². The second kappa shape index (κ2) is 56.1. The van der Waals surface area contributed by atoms with Gasteiger partial charge >= 0.3 is 5.97 Å². The lowest BCUT2D eigenvalue weighted by molar-refractivity contribution is -0.305. The van der Waals surface area contributed by atoms with Crippen LogP contribution in [0.4, 0.5) is 0 Å². The molecule has 1 saturated heterocycles. The van der Waals surface area contributed by atoms with E-state index in [1.165, 1.54) is 186 Å². The summed E-state index contributed by atoms with van der Waals surface area (Å²) in [5.74, 6) is -1.21. The number of unbranched alkanes of at least 4 members (excludes halogenated alkanes) is 37. The van der Waals surface area contributed by atoms with Gasteiger partial charge in [-0.3, -0.25) is 9.59 Å². The number of rotatable bonds is 57. The minimum atomic E-state index is -1.62. The van der Waals surface area contributed by atoms with Crippen LogP contribution in [0, 0.1) is 0 Å². The number of hydrogen-bond acceptors (Lipinski definition) is 10. The second-order valence-electron chi connectivity index (χ2n) is 23.2. The Morgan fingerprint density at radius 2 is 0.911 bits per heavy atom. The van der Waals surface area contributed by atoms with E-state index in [1.807, 2.05) is 6.08 Å². The number of aliphatic hydroxyl groups is 5. The van der Waals surface area contributed by atoms with Gasteiger partial charge in [0.25, 0.3) is 0 Å². The summed E-state index contributed by atoms with van der Waals surface area (Å²) in [6, 6.07) is -1.03. The van der Waals surface area contributed by atoms with Crippen LogP contribution in [-0.4, -0.2) is 99.6 Å². The van der Waals surface area contributed by atoms with Gasteiger partial charge in [-0.05, 0) is 57.8 Å². The Kier molecular flexibility index (Phi) is 53.0. The summed E-state index contributed by atoms with van der Waals surface area (Å²) in [5.41, 5.74) is 0. The summed E-state index contributed by atoms with van der Waals surface area (Å²) in [7, 11) is 0. The van der Waals surface area contributed by atoms with Crippen molar-refractivity contribution < 1.29 is 49.3 Å². The Balaban J connectivity index is 2.56. The van der Waals surface area contributed by atoms with Crippen LogP contribution in [-0.2, 0) is 23.8 Å². The first kappa shape index (κ1) is 74.6. The van der Waals surface area contributed by atoms with Gasteiger partial charge in [-0.15, -0.1) is 0 Å². The molecule has 0 saturated carbocycles. The van der Waals surface area contributed by atoms with Crippen molar-refractivity contribution in [2.45, 2.75) is 359 Å². The molecule has 1 aliphatic rings. The molecular formula is C68H125NO10. The van der Waals surface area contributed by atoms with Crippen molar-refractivity contribution in [2.75, 3.05) is 13.2 Å². The molecule has 462 valence electrons. The highest BCUT2D eigenvalue weighted by Gasteiger charge is 2.47. The molecule has 1 aliphatic heterocycles. The molecule has 1 fully saturated rings. The highest BCUT2D eigenvalue weighted by atomic mass is 16.7. The third-order valence-electron chi connectivity index (χ3n) is 15.7. The van der Waals surface area contributed by atoms with E-state index >= 15 is 0 Å². The second-order valence-corrected chi connectivity index (χ2v) is 23.2. The van der Waals surface area contributed by atoms with Gasteiger partial charge < -0.3 is 45.1 Å². The van der Waals surface area contributed by atoms with Crippen molar-refractivity contribution in [3.8, 4) is 0 Å². The first-order chi connectivity index (χ1) is 38.7. The lowest BCUT2D eigenvalue weighted by Crippen LogP contribution is -2.61. The summed E-state index contributed by atoms with van der Waals surface area (Å²) in [5, 5.41) is 57.0. The quantitative estimate of drug-likeness (QED) is 0.0195. The van der Waals surface area contributed by atoms with Crippen LogP contribution in [0.25, 0.3) is 0 Å². The Hall–Kier alpha value is -2.38. The van der Waals surface area contributed by atoms with Crippen molar-refractivity contribution in [3.63, 3.8) is 0 Å². The molecule has 0 spiro atoms. The third kappa shape index (κ3) is 43.9. The SMILES string of the molecule is CC/C=C/C/C=C/C/C=C/CCCCCC(O)C(=O)NC(COC1OC(CO)C(O)C(O)C1OC(=O)CCCCCCCCCCCCCCCCCCCCCCCCCCC)C(O)/C=C/CCCCCCCCCCCC. The molecule has 1 amide bonds. The molecule has 6 N–H and O–H groups in total. The summed E-state index contributed by atoms with van der Waals surface area (Å²) in [6.45, 7) is 5.69. The molecule has 11 nitrogen and oxygen atoms in total. The predicted octanol–water partition coefficient (Wildman–Crippen LogP) is 16.4. The number of carbonyl (C=O) groups excluding carboxylic acids is 2. The molecule has 11 heteroatoms. The summed E-state index contributed by atoms with van der Waals surface area (Å²) in [6.07, 6.45) is 58.9. The van der Waals surface area contributed by atoms with Crippen molar-refractivity contribution in [2.24, 2.45) is 0 Å². The highest BCUT2D eigenvalue weighted by Crippen LogP contribution is 2.26. The van der Waals surface area contributed by atoms with Crippen molar-refractivity contribution in [1.29, 1.82) is 0 Å². The largest absolute Gasteiger partial charge is 0.454 e. The van der Waals surface area contributed by atoms with E-state index in [0.29, 0.717) is 12.8 Å². The van der Waals surface area contributed by atoms with Gasteiger partial charge in [-0.2, -0.15) is 0 Å². The average Bonchev–Trinajstić information content (AvgIpc) is 3.46. The van der Waals surface area contributed by atoms with Crippen LogP contribution < -0.4 is 5.32 Å². The summed E-state index contributed by atoms with van der Waals surface area (Å²) in [4.78, 5) is 26.6. The molecule has 0 aromatic carbocycles. The molecule has 8 atom stereocenters. The van der Waals surface area contributed by atoms with E-state index in [1.54, 1.807) is 6.08 Å². The molecule has 1 rings (SSSR count). The van der Waals surface area contributed by atoms with Crippen LogP contribution in [0.1, 0.15) is 310 Å². The van der Waals surface area contributed by atoms with Gasteiger partial charge in [0.15, 0.2) is 12.4 Å². The minimum absolute atomic E-state index is 0.125. The topological polar surface area (TPSA) is 175 Å². The van der Waals surface area contributed by atoms with E-state index in [2.05, 4.69) is 62.5 Å². The zero-order valence-corrected chi connectivity index (χ0v) is 51.2. The van der Waals surface area contributed by atoms with Gasteiger partial charge in [0, 0.05) is 6.42 Å². The van der Waals surface area contributed by atoms with Gasteiger partial charge in [-0.25, -0.2) is 0 Å². The molecule has 0 aliphatic carbocycles. The summed E-state index contributed by atoms with van der Waals surface area (Å²) < 4.78 is 17.6. The van der Waals surface area contributed by atoms with Gasteiger partial charge in [0.2, 0.25) is 5.91 Å². The lowest BCUT2D eigenvalue weighted by Gasteiger charge is -2.41. The van der Waals surface area contributed by atoms with E-state index in [-0.39, 0.29) is 19.4 Å². The summed E-state index contributed by atoms with van der Waals surface area (Å²) >= 11 is 0. The fourth-order valence-corrected chi connectivity index (χ4v) is 10.5. The van der Waals surface area contributed by atoms with E-state index in [4.69, 9.17) is 14.2 Å². The number of nitrogens with one attached hydrogen (secondary N) is 1. The number of allylic oxidation sites excluding steroid dienone is 7. The maximum absolute atomic E-state index is 13.4. The molecule has 0 radical (unpaired) electrons. The number of esters is 1. The third-order valence-corrected chi connectivity index (χ3v) is 15.7. The number of amides is 1. The fraction of sp³-hybridized carbons (Fsp3) is 0.853. The molecular weight excluding hydrogens is 991 g/mol. The molecule has 0 bridgehead atoms. The standard InChI is InChI=1S/C68H125NO10/c1-4-7-10-13-16-19-22-25-26-27-28-29-30-31-32-33-34-35-36-38-41-44-47-50-53-56-63(73)79-66-65(75)64(74)62(57-70)78-68(66)77-58-59(60(71)54-51-48-45-42-39-24-21-18-15-12-9-6-3)69-67(76)61(72)55-52-49-46-43-40-37-23-20-17-14-11-8-5-2/h8,11,17,20,37,40,51,54,59-62,64-66,68,70-72,74-75H,4-7,9-10,12-16,18-19,21-36,38-39,41-50,52-53,55-58H2,1-3H3,(H,69,76)/b11-8+,20-17+,40-37+,54-51+. The normalized spacial score (nSPS) is 19.1. The van der Waals surface area contributed by atoms with Gasteiger partial charge in [0.05, 0.1) is 25.4 Å². The number of hydrogen-bond donors (Lipinski definition) is 6. The molecule has 0 aromatic rings. The first-order valence-corrected chi connectivity index (χ1v) is 33.4. The zero-order valence-electron chi connectivity index (χ0n) is 51.2. The van der Waals surface area contributed by atoms with Crippen LogP contribution in [0.2, 0.25) is 0 Å². The van der Waals surface area contributed by atoms with Crippen molar-refractivity contribution in [3.05, 3.63) is 48.6 Å². The Morgan fingerprint density at radius 1 is 0.506 bits per heavy atom. The van der Waals surface area contributed by atoms with Gasteiger partial charge in [-0.1, -0.05) is 294 Å². The smallest absolute Gasteiger partial charge is 0.306 e. The molecule has 0 aromatic heterocycles. The highest BCUT2D eigenvalue weighted by molar-refractivity contribution is 5.80. The van der Waals surface area contributed by atoms with Crippen molar-refractivity contribution in [1.82, 2.24) is 5.32 Å². The maximum atomic E-state index is 13.4. The fourth-order valence-electron chi connectivity index (χ4n) is 10.5. The van der Waals surface area contributed by atoms with Crippen LogP contribution in [0.5, 0.6) is 0 Å². The lowest BCUT2D eigenvalue weighted by atomic mass is 9.99. The zero-order chi connectivity index (χ0) is 57.5. The van der Waals surface area contributed by atoms with E-state index < -0.39 is 67.4 Å². The predicted molar refractivity (Wildman–Crippen MR) is 329 cm³/mol. The molecule has 1 heterocycles. The first-order valence-electron chi connectivity index (χ1n) is 33.4. The maximum Gasteiger partial charge on any atom is 0.306 e. The van der Waals surface area contributed by atoms with Crippen LogP contribution in [0.15, 0.2) is 48.6 Å².